The number of pyridine rings is 1. The smallest absolute Gasteiger partial charge is 0.253 e. The van der Waals surface area contributed by atoms with E-state index in [0.717, 1.165) is 56.3 Å². The highest BCUT2D eigenvalue weighted by Gasteiger charge is 2.43. The van der Waals surface area contributed by atoms with Crippen LogP contribution in [0.3, 0.4) is 0 Å². The maximum Gasteiger partial charge on any atom is 0.253 e. The zero-order valence-electron chi connectivity index (χ0n) is 21.8. The lowest BCUT2D eigenvalue weighted by molar-refractivity contribution is -0.141. The SMILES string of the molecule is COc1cncc(N2CC3(CCN(c4ccc(OC5CCN(C6CCC6)CC5)cc4)CC3)OCC2=O)c1. The number of anilines is 2. The number of methoxy groups -OCH3 is 1. The van der Waals surface area contributed by atoms with Gasteiger partial charge in [0.25, 0.3) is 5.91 Å². The molecule has 1 aromatic heterocycles. The molecule has 37 heavy (non-hydrogen) atoms. The third kappa shape index (κ3) is 5.27. The molecular formula is C29H38N4O4. The number of hydrogen-bond acceptors (Lipinski definition) is 7. The van der Waals surface area contributed by atoms with Gasteiger partial charge in [0.1, 0.15) is 24.2 Å². The van der Waals surface area contributed by atoms with Crippen molar-refractivity contribution in [3.63, 3.8) is 0 Å². The lowest BCUT2D eigenvalue weighted by Crippen LogP contribution is -2.59. The van der Waals surface area contributed by atoms with E-state index in [2.05, 4.69) is 39.0 Å². The van der Waals surface area contributed by atoms with E-state index in [1.165, 1.54) is 38.0 Å². The molecule has 4 heterocycles. The van der Waals surface area contributed by atoms with Gasteiger partial charge in [-0.2, -0.15) is 0 Å². The molecule has 6 rings (SSSR count). The monoisotopic (exact) mass is 506 g/mol. The highest BCUT2D eigenvalue weighted by molar-refractivity contribution is 5.95. The Morgan fingerprint density at radius 1 is 0.946 bits per heavy atom. The zero-order valence-corrected chi connectivity index (χ0v) is 21.8. The molecule has 1 aromatic carbocycles. The van der Waals surface area contributed by atoms with Gasteiger partial charge in [-0.1, -0.05) is 6.42 Å². The molecule has 0 unspecified atom stereocenters. The Bertz CT molecular complexity index is 1070. The fourth-order valence-electron chi connectivity index (χ4n) is 6.13. The van der Waals surface area contributed by atoms with E-state index in [9.17, 15) is 4.79 Å². The van der Waals surface area contributed by atoms with Crippen LogP contribution in [0.4, 0.5) is 11.4 Å². The first kappa shape index (κ1) is 24.5. The number of rotatable bonds is 6. The van der Waals surface area contributed by atoms with Crippen molar-refractivity contribution in [1.82, 2.24) is 9.88 Å². The van der Waals surface area contributed by atoms with Crippen LogP contribution in [0.5, 0.6) is 11.5 Å². The van der Waals surface area contributed by atoms with Crippen molar-refractivity contribution >= 4 is 17.3 Å². The van der Waals surface area contributed by atoms with E-state index in [-0.39, 0.29) is 18.1 Å². The predicted octanol–water partition coefficient (Wildman–Crippen LogP) is 3.89. The van der Waals surface area contributed by atoms with Crippen LogP contribution in [0, 0.1) is 0 Å². The number of likely N-dealkylation sites (tertiary alicyclic amines) is 1. The number of aromatic nitrogens is 1. The van der Waals surface area contributed by atoms with Crippen molar-refractivity contribution in [1.29, 1.82) is 0 Å². The molecule has 0 N–H and O–H groups in total. The van der Waals surface area contributed by atoms with Crippen molar-refractivity contribution in [2.75, 3.05) is 56.2 Å². The molecule has 1 amide bonds. The number of carbonyl (C=O) groups is 1. The Labute approximate surface area is 219 Å². The number of morpholine rings is 1. The summed E-state index contributed by atoms with van der Waals surface area (Å²) in [6, 6.07) is 11.3. The van der Waals surface area contributed by atoms with Crippen LogP contribution in [0.1, 0.15) is 44.9 Å². The van der Waals surface area contributed by atoms with Crippen molar-refractivity contribution in [2.45, 2.75) is 62.7 Å². The Morgan fingerprint density at radius 3 is 2.38 bits per heavy atom. The van der Waals surface area contributed by atoms with Crippen molar-refractivity contribution in [2.24, 2.45) is 0 Å². The summed E-state index contributed by atoms with van der Waals surface area (Å²) < 4.78 is 17.8. The highest BCUT2D eigenvalue weighted by atomic mass is 16.5. The van der Waals surface area contributed by atoms with E-state index in [0.29, 0.717) is 18.4 Å². The summed E-state index contributed by atoms with van der Waals surface area (Å²) in [5.41, 5.74) is 1.65. The molecule has 0 bridgehead atoms. The van der Waals surface area contributed by atoms with Crippen LogP contribution in [-0.4, -0.2) is 80.0 Å². The molecule has 198 valence electrons. The van der Waals surface area contributed by atoms with Crippen LogP contribution in [0.2, 0.25) is 0 Å². The second-order valence-corrected chi connectivity index (χ2v) is 11.0. The summed E-state index contributed by atoms with van der Waals surface area (Å²) >= 11 is 0. The van der Waals surface area contributed by atoms with Gasteiger partial charge in [-0.3, -0.25) is 9.78 Å². The van der Waals surface area contributed by atoms with Gasteiger partial charge in [0.2, 0.25) is 0 Å². The van der Waals surface area contributed by atoms with Gasteiger partial charge in [0.05, 0.1) is 37.3 Å². The fraction of sp³-hybridized carbons (Fsp3) is 0.586. The minimum atomic E-state index is -0.328. The maximum absolute atomic E-state index is 12.7. The molecule has 2 aromatic rings. The van der Waals surface area contributed by atoms with Gasteiger partial charge in [-0.05, 0) is 62.8 Å². The van der Waals surface area contributed by atoms with Crippen molar-refractivity contribution < 1.29 is 19.0 Å². The van der Waals surface area contributed by atoms with Gasteiger partial charge >= 0.3 is 0 Å². The summed E-state index contributed by atoms with van der Waals surface area (Å²) in [7, 11) is 1.61. The Morgan fingerprint density at radius 2 is 1.70 bits per heavy atom. The van der Waals surface area contributed by atoms with Crippen LogP contribution >= 0.6 is 0 Å². The van der Waals surface area contributed by atoms with Gasteiger partial charge in [-0.15, -0.1) is 0 Å². The van der Waals surface area contributed by atoms with E-state index < -0.39 is 0 Å². The number of amides is 1. The molecule has 0 atom stereocenters. The number of nitrogens with zero attached hydrogens (tertiary/aromatic N) is 4. The Hall–Kier alpha value is -2.84. The first-order chi connectivity index (χ1) is 18.1. The minimum absolute atomic E-state index is 0.0348. The third-order valence-corrected chi connectivity index (χ3v) is 8.74. The predicted molar refractivity (Wildman–Crippen MR) is 143 cm³/mol. The van der Waals surface area contributed by atoms with E-state index in [1.54, 1.807) is 24.4 Å². The molecule has 3 aliphatic heterocycles. The molecule has 0 radical (unpaired) electrons. The van der Waals surface area contributed by atoms with E-state index in [1.807, 2.05) is 6.07 Å². The molecular weight excluding hydrogens is 468 g/mol. The summed E-state index contributed by atoms with van der Waals surface area (Å²) in [5, 5.41) is 0. The average Bonchev–Trinajstić information content (AvgIpc) is 2.91. The highest BCUT2D eigenvalue weighted by Crippen LogP contribution is 2.35. The van der Waals surface area contributed by atoms with Gasteiger partial charge < -0.3 is 28.9 Å². The Balaban J connectivity index is 1.02. The third-order valence-electron chi connectivity index (χ3n) is 8.74. The average molecular weight is 507 g/mol. The summed E-state index contributed by atoms with van der Waals surface area (Å²) in [5.74, 6) is 1.58. The summed E-state index contributed by atoms with van der Waals surface area (Å²) in [6.45, 7) is 4.75. The Kier molecular flexibility index (Phi) is 6.95. The number of hydrogen-bond donors (Lipinski definition) is 0. The number of carbonyl (C=O) groups excluding carboxylic acids is 1. The van der Waals surface area contributed by atoms with Gasteiger partial charge in [0.15, 0.2) is 0 Å². The normalized spacial score (nSPS) is 23.2. The minimum Gasteiger partial charge on any atom is -0.495 e. The van der Waals surface area contributed by atoms with E-state index in [4.69, 9.17) is 14.2 Å². The number of piperidine rings is 2. The molecule has 1 saturated carbocycles. The molecule has 3 saturated heterocycles. The molecule has 4 aliphatic rings. The first-order valence-electron chi connectivity index (χ1n) is 13.8. The second kappa shape index (κ2) is 10.5. The second-order valence-electron chi connectivity index (χ2n) is 11.0. The van der Waals surface area contributed by atoms with Gasteiger partial charge in [-0.25, -0.2) is 0 Å². The van der Waals surface area contributed by atoms with Crippen molar-refractivity contribution in [3.8, 4) is 11.5 Å². The number of benzene rings is 1. The van der Waals surface area contributed by atoms with Gasteiger partial charge in [0, 0.05) is 44.0 Å². The first-order valence-corrected chi connectivity index (χ1v) is 13.8. The van der Waals surface area contributed by atoms with Crippen molar-refractivity contribution in [3.05, 3.63) is 42.7 Å². The lowest BCUT2D eigenvalue weighted by Gasteiger charge is -2.47. The topological polar surface area (TPSA) is 67.4 Å². The number of ether oxygens (including phenoxy) is 3. The molecule has 8 heteroatoms. The fourth-order valence-corrected chi connectivity index (χ4v) is 6.13. The standard InChI is InChI=1S/C29H38N4O4/c1-35-27-17-24(18-30-19-27)33-21-29(36-20-28(33)34)11-15-32(16-12-29)23-5-7-25(8-6-23)37-26-9-13-31(14-10-26)22-3-2-4-22/h5-8,17-19,22,26H,2-4,9-16,20-21H2,1H3. The maximum atomic E-state index is 12.7. The quantitative estimate of drug-likeness (QED) is 0.589. The van der Waals surface area contributed by atoms with Crippen LogP contribution < -0.4 is 19.3 Å². The van der Waals surface area contributed by atoms with Crippen LogP contribution in [0.25, 0.3) is 0 Å². The van der Waals surface area contributed by atoms with E-state index >= 15 is 0 Å². The molecule has 8 nitrogen and oxygen atoms in total. The van der Waals surface area contributed by atoms with Crippen LogP contribution in [-0.2, 0) is 9.53 Å². The van der Waals surface area contributed by atoms with Crippen LogP contribution in [0.15, 0.2) is 42.7 Å². The molecule has 4 fully saturated rings. The summed E-state index contributed by atoms with van der Waals surface area (Å²) in [6.07, 6.45) is 11.8. The zero-order chi connectivity index (χ0) is 25.2. The molecule has 1 spiro atoms. The molecule has 1 aliphatic carbocycles. The largest absolute Gasteiger partial charge is 0.495 e. The lowest BCUT2D eigenvalue weighted by atomic mass is 9.88. The summed E-state index contributed by atoms with van der Waals surface area (Å²) in [4.78, 5) is 23.8.